The minimum atomic E-state index is -0.0191. The molecule has 4 rings (SSSR count). The Bertz CT molecular complexity index is 1080. The van der Waals surface area contributed by atoms with E-state index in [-0.39, 0.29) is 17.4 Å². The minimum absolute atomic E-state index is 0.00238. The number of amides is 1. The number of likely N-dealkylation sites (tertiary alicyclic amines) is 1. The van der Waals surface area contributed by atoms with Gasteiger partial charge in [-0.3, -0.25) is 14.2 Å². The number of rotatable bonds is 4. The predicted molar refractivity (Wildman–Crippen MR) is 113 cm³/mol. The number of carbonyl (C=O) groups is 1. The van der Waals surface area contributed by atoms with E-state index in [4.69, 9.17) is 0 Å². The predicted octanol–water partition coefficient (Wildman–Crippen LogP) is 3.47. The van der Waals surface area contributed by atoms with Crippen LogP contribution in [0.1, 0.15) is 48.8 Å². The average Bonchev–Trinajstić information content (AvgIpc) is 2.74. The normalized spacial score (nSPS) is 15.2. The van der Waals surface area contributed by atoms with Gasteiger partial charge in [0, 0.05) is 31.1 Å². The molecule has 0 atom stereocenters. The SMILES string of the molecule is CC(C)c1cc(=O)n(CC2CCN(C(=O)c3ccc4ccccc4n3)CC2)cn1. The van der Waals surface area contributed by atoms with Crippen LogP contribution in [0.25, 0.3) is 10.9 Å². The molecule has 0 radical (unpaired) electrons. The van der Waals surface area contributed by atoms with Crippen molar-refractivity contribution < 1.29 is 4.79 Å². The Labute approximate surface area is 170 Å². The van der Waals surface area contributed by atoms with Crippen molar-refractivity contribution in [1.29, 1.82) is 0 Å². The summed E-state index contributed by atoms with van der Waals surface area (Å²) in [6.07, 6.45) is 3.41. The topological polar surface area (TPSA) is 68.1 Å². The Kier molecular flexibility index (Phi) is 5.43. The average molecular weight is 390 g/mol. The molecule has 2 aromatic heterocycles. The van der Waals surface area contributed by atoms with Gasteiger partial charge in [-0.1, -0.05) is 38.1 Å². The number of carbonyl (C=O) groups excluding carboxylic acids is 1. The van der Waals surface area contributed by atoms with Gasteiger partial charge in [-0.15, -0.1) is 0 Å². The molecule has 1 aliphatic rings. The summed E-state index contributed by atoms with van der Waals surface area (Å²) >= 11 is 0. The van der Waals surface area contributed by atoms with E-state index in [1.807, 2.05) is 49.1 Å². The third kappa shape index (κ3) is 4.21. The van der Waals surface area contributed by atoms with Crippen molar-refractivity contribution in [2.75, 3.05) is 13.1 Å². The number of aromatic nitrogens is 3. The third-order valence-corrected chi connectivity index (χ3v) is 5.67. The highest BCUT2D eigenvalue weighted by Gasteiger charge is 2.25. The Morgan fingerprint density at radius 3 is 2.62 bits per heavy atom. The summed E-state index contributed by atoms with van der Waals surface area (Å²) in [4.78, 5) is 36.0. The van der Waals surface area contributed by atoms with E-state index in [0.29, 0.717) is 31.2 Å². The fourth-order valence-electron chi connectivity index (χ4n) is 3.84. The number of hydrogen-bond acceptors (Lipinski definition) is 4. The summed E-state index contributed by atoms with van der Waals surface area (Å²) in [5.41, 5.74) is 2.16. The molecule has 0 spiro atoms. The molecule has 0 N–H and O–H groups in total. The van der Waals surface area contributed by atoms with Crippen molar-refractivity contribution >= 4 is 16.8 Å². The number of para-hydroxylation sites is 1. The lowest BCUT2D eigenvalue weighted by Crippen LogP contribution is -2.40. The number of pyridine rings is 1. The van der Waals surface area contributed by atoms with Crippen LogP contribution in [0.2, 0.25) is 0 Å². The summed E-state index contributed by atoms with van der Waals surface area (Å²) in [5, 5.41) is 1.03. The zero-order valence-corrected chi connectivity index (χ0v) is 16.9. The molecule has 0 aliphatic carbocycles. The summed E-state index contributed by atoms with van der Waals surface area (Å²) in [5.74, 6) is 0.595. The Morgan fingerprint density at radius 1 is 1.14 bits per heavy atom. The molecule has 1 saturated heterocycles. The quantitative estimate of drug-likeness (QED) is 0.684. The number of benzene rings is 1. The first-order valence-electron chi connectivity index (χ1n) is 10.2. The van der Waals surface area contributed by atoms with Gasteiger partial charge in [-0.05, 0) is 36.8 Å². The Hall–Kier alpha value is -3.02. The van der Waals surface area contributed by atoms with Crippen LogP contribution in [0.4, 0.5) is 0 Å². The highest BCUT2D eigenvalue weighted by molar-refractivity contribution is 5.94. The molecular formula is C23H26N4O2. The van der Waals surface area contributed by atoms with Crippen molar-refractivity contribution in [3.8, 4) is 0 Å². The lowest BCUT2D eigenvalue weighted by molar-refractivity contribution is 0.0676. The molecule has 150 valence electrons. The fraction of sp³-hybridized carbons (Fsp3) is 0.391. The van der Waals surface area contributed by atoms with E-state index in [1.54, 1.807) is 23.0 Å². The second kappa shape index (κ2) is 8.15. The first-order chi connectivity index (χ1) is 14.0. The zero-order chi connectivity index (χ0) is 20.4. The molecule has 29 heavy (non-hydrogen) atoms. The van der Waals surface area contributed by atoms with Crippen molar-refractivity contribution in [1.82, 2.24) is 19.4 Å². The third-order valence-electron chi connectivity index (χ3n) is 5.67. The maximum Gasteiger partial charge on any atom is 0.272 e. The minimum Gasteiger partial charge on any atom is -0.337 e. The van der Waals surface area contributed by atoms with Crippen molar-refractivity contribution in [2.24, 2.45) is 5.92 Å². The van der Waals surface area contributed by atoms with Gasteiger partial charge >= 0.3 is 0 Å². The molecule has 3 heterocycles. The highest BCUT2D eigenvalue weighted by atomic mass is 16.2. The van der Waals surface area contributed by atoms with E-state index in [1.165, 1.54) is 0 Å². The largest absolute Gasteiger partial charge is 0.337 e. The Balaban J connectivity index is 1.38. The second-order valence-electron chi connectivity index (χ2n) is 8.08. The van der Waals surface area contributed by atoms with Crippen LogP contribution in [0, 0.1) is 5.92 Å². The molecule has 3 aromatic rings. The van der Waals surface area contributed by atoms with Crippen molar-refractivity contribution in [3.63, 3.8) is 0 Å². The number of piperidine rings is 1. The van der Waals surface area contributed by atoms with Crippen molar-refractivity contribution in [2.45, 2.75) is 39.2 Å². The van der Waals surface area contributed by atoms with Gasteiger partial charge in [0.1, 0.15) is 5.69 Å². The van der Waals surface area contributed by atoms with Gasteiger partial charge in [0.25, 0.3) is 11.5 Å². The molecule has 0 unspecified atom stereocenters. The van der Waals surface area contributed by atoms with Crippen LogP contribution in [0.15, 0.2) is 53.6 Å². The number of fused-ring (bicyclic) bond motifs is 1. The van der Waals surface area contributed by atoms with Crippen LogP contribution >= 0.6 is 0 Å². The van der Waals surface area contributed by atoms with Crippen LogP contribution in [0.5, 0.6) is 0 Å². The lowest BCUT2D eigenvalue weighted by Gasteiger charge is -2.32. The smallest absolute Gasteiger partial charge is 0.272 e. The maximum absolute atomic E-state index is 12.9. The summed E-state index contributed by atoms with van der Waals surface area (Å²) in [7, 11) is 0. The summed E-state index contributed by atoms with van der Waals surface area (Å²) in [6.45, 7) is 6.08. The molecule has 1 amide bonds. The molecular weight excluding hydrogens is 364 g/mol. The first kappa shape index (κ1) is 19.3. The summed E-state index contributed by atoms with van der Waals surface area (Å²) in [6, 6.07) is 13.2. The molecule has 0 bridgehead atoms. The van der Waals surface area contributed by atoms with E-state index < -0.39 is 0 Å². The van der Waals surface area contributed by atoms with E-state index >= 15 is 0 Å². The van der Waals surface area contributed by atoms with Gasteiger partial charge in [-0.25, -0.2) is 9.97 Å². The number of nitrogens with zero attached hydrogens (tertiary/aromatic N) is 4. The van der Waals surface area contributed by atoms with E-state index in [2.05, 4.69) is 9.97 Å². The van der Waals surface area contributed by atoms with Gasteiger partial charge in [-0.2, -0.15) is 0 Å². The Morgan fingerprint density at radius 2 is 1.90 bits per heavy atom. The van der Waals surface area contributed by atoms with Crippen molar-refractivity contribution in [3.05, 3.63) is 70.5 Å². The van der Waals surface area contributed by atoms with Gasteiger partial charge < -0.3 is 4.90 Å². The fourth-order valence-corrected chi connectivity index (χ4v) is 3.84. The van der Waals surface area contributed by atoms with E-state index in [0.717, 1.165) is 29.4 Å². The molecule has 1 aliphatic heterocycles. The molecule has 0 saturated carbocycles. The van der Waals surface area contributed by atoms with E-state index in [9.17, 15) is 9.59 Å². The molecule has 1 fully saturated rings. The highest BCUT2D eigenvalue weighted by Crippen LogP contribution is 2.21. The van der Waals surface area contributed by atoms with Gasteiger partial charge in [0.05, 0.1) is 17.5 Å². The second-order valence-corrected chi connectivity index (χ2v) is 8.08. The monoisotopic (exact) mass is 390 g/mol. The van der Waals surface area contributed by atoms with Gasteiger partial charge in [0.15, 0.2) is 0 Å². The zero-order valence-electron chi connectivity index (χ0n) is 16.9. The molecule has 6 heteroatoms. The van der Waals surface area contributed by atoms with Crippen LogP contribution in [-0.4, -0.2) is 38.4 Å². The standard InChI is InChI=1S/C23H26N4O2/c1-16(2)21-13-22(28)27(15-24-21)14-17-9-11-26(12-10-17)23(29)20-8-7-18-5-3-4-6-19(18)25-20/h3-8,13,15-17H,9-12,14H2,1-2H3. The summed E-state index contributed by atoms with van der Waals surface area (Å²) < 4.78 is 1.69. The maximum atomic E-state index is 12.9. The van der Waals surface area contributed by atoms with Crippen LogP contribution < -0.4 is 5.56 Å². The molecule has 1 aromatic carbocycles. The van der Waals surface area contributed by atoms with Gasteiger partial charge in [0.2, 0.25) is 0 Å². The molecule has 6 nitrogen and oxygen atoms in total. The van der Waals surface area contributed by atoms with Crippen LogP contribution in [0.3, 0.4) is 0 Å². The number of hydrogen-bond donors (Lipinski definition) is 0. The lowest BCUT2D eigenvalue weighted by atomic mass is 9.96. The first-order valence-corrected chi connectivity index (χ1v) is 10.2. The van der Waals surface area contributed by atoms with Crippen LogP contribution in [-0.2, 0) is 6.54 Å².